The summed E-state index contributed by atoms with van der Waals surface area (Å²) >= 11 is 0. The average molecular weight is 236 g/mol. The molecule has 2 rings (SSSR count). The van der Waals surface area contributed by atoms with Gasteiger partial charge in [0, 0.05) is 17.6 Å². The Balaban J connectivity index is 2.53. The van der Waals surface area contributed by atoms with Gasteiger partial charge in [-0.15, -0.1) is 0 Å². The van der Waals surface area contributed by atoms with Gasteiger partial charge in [0.25, 0.3) is 0 Å². The lowest BCUT2D eigenvalue weighted by Gasteiger charge is -2.18. The lowest BCUT2D eigenvalue weighted by molar-refractivity contribution is 0.583. The van der Waals surface area contributed by atoms with E-state index in [9.17, 15) is 4.57 Å². The van der Waals surface area contributed by atoms with Crippen LogP contribution in [0.5, 0.6) is 0 Å². The first-order chi connectivity index (χ1) is 7.42. The Morgan fingerprint density at radius 1 is 1.19 bits per heavy atom. The smallest absolute Gasteiger partial charge is 0.116 e. The Labute approximate surface area is 98.6 Å². The summed E-state index contributed by atoms with van der Waals surface area (Å²) in [6, 6.07) is 4.34. The molecule has 2 atom stereocenters. The summed E-state index contributed by atoms with van der Waals surface area (Å²) in [5.41, 5.74) is 3.74. The van der Waals surface area contributed by atoms with Crippen LogP contribution in [0.1, 0.15) is 30.0 Å². The standard InChI is InChI=1S/C14H21OP/c1-10-5-6-16(15,9-10)14-12(3)7-11(2)8-13(14)4/h7-8,10H,5-6,9H2,1-4H3. The Kier molecular flexibility index (Phi) is 3.01. The molecule has 0 amide bonds. The fraction of sp³-hybridized carbons (Fsp3) is 0.571. The second-order valence-corrected chi connectivity index (χ2v) is 8.47. The van der Waals surface area contributed by atoms with Gasteiger partial charge in [-0.2, -0.15) is 0 Å². The minimum absolute atomic E-state index is 0.630. The molecule has 16 heavy (non-hydrogen) atoms. The largest absolute Gasteiger partial charge is 0.319 e. The van der Waals surface area contributed by atoms with Crippen LogP contribution >= 0.6 is 7.14 Å². The lowest BCUT2D eigenvalue weighted by atomic mass is 10.1. The first-order valence-electron chi connectivity index (χ1n) is 6.09. The fourth-order valence-corrected chi connectivity index (χ4v) is 7.18. The highest BCUT2D eigenvalue weighted by Gasteiger charge is 2.35. The minimum Gasteiger partial charge on any atom is -0.319 e. The third-order valence-electron chi connectivity index (χ3n) is 3.63. The quantitative estimate of drug-likeness (QED) is 0.680. The van der Waals surface area contributed by atoms with E-state index < -0.39 is 7.14 Å². The maximum atomic E-state index is 13.0. The third kappa shape index (κ3) is 1.98. The number of aryl methyl sites for hydroxylation is 3. The molecule has 1 aliphatic rings. The van der Waals surface area contributed by atoms with Crippen LogP contribution in [0, 0.1) is 26.7 Å². The van der Waals surface area contributed by atoms with Crippen LogP contribution in [-0.4, -0.2) is 12.3 Å². The Morgan fingerprint density at radius 2 is 1.75 bits per heavy atom. The van der Waals surface area contributed by atoms with Crippen molar-refractivity contribution in [2.24, 2.45) is 5.92 Å². The van der Waals surface area contributed by atoms with Crippen molar-refractivity contribution in [2.75, 3.05) is 12.3 Å². The molecule has 88 valence electrons. The van der Waals surface area contributed by atoms with Gasteiger partial charge in [0.05, 0.1) is 0 Å². The molecule has 1 aromatic carbocycles. The van der Waals surface area contributed by atoms with Gasteiger partial charge < -0.3 is 4.57 Å². The average Bonchev–Trinajstić information content (AvgIpc) is 2.44. The molecule has 1 nitrogen and oxygen atoms in total. The Bertz CT molecular complexity index is 439. The van der Waals surface area contributed by atoms with Crippen molar-refractivity contribution in [3.05, 3.63) is 28.8 Å². The number of hydrogen-bond acceptors (Lipinski definition) is 1. The van der Waals surface area contributed by atoms with Gasteiger partial charge in [0.2, 0.25) is 0 Å². The van der Waals surface area contributed by atoms with Gasteiger partial charge >= 0.3 is 0 Å². The molecule has 0 spiro atoms. The maximum Gasteiger partial charge on any atom is 0.116 e. The molecule has 0 N–H and O–H groups in total. The van der Waals surface area contributed by atoms with E-state index in [0.29, 0.717) is 5.92 Å². The predicted molar refractivity (Wildman–Crippen MR) is 71.4 cm³/mol. The Hall–Kier alpha value is -0.550. The highest BCUT2D eigenvalue weighted by molar-refractivity contribution is 7.72. The van der Waals surface area contributed by atoms with Gasteiger partial charge in [-0.1, -0.05) is 24.6 Å². The maximum absolute atomic E-state index is 13.0. The van der Waals surface area contributed by atoms with Crippen LogP contribution in [0.25, 0.3) is 0 Å². The van der Waals surface area contributed by atoms with Crippen LogP contribution in [0.15, 0.2) is 12.1 Å². The molecule has 0 radical (unpaired) electrons. The van der Waals surface area contributed by atoms with Crippen molar-refractivity contribution >= 4 is 12.4 Å². The van der Waals surface area contributed by atoms with Gasteiger partial charge in [0.15, 0.2) is 0 Å². The first kappa shape index (κ1) is 11.9. The first-order valence-corrected chi connectivity index (χ1v) is 8.16. The highest BCUT2D eigenvalue weighted by Crippen LogP contribution is 2.54. The van der Waals surface area contributed by atoms with Crippen LogP contribution < -0.4 is 5.30 Å². The molecule has 1 saturated heterocycles. The van der Waals surface area contributed by atoms with Crippen molar-refractivity contribution in [1.29, 1.82) is 0 Å². The molecule has 2 unspecified atom stereocenters. The molecule has 0 aromatic heterocycles. The third-order valence-corrected chi connectivity index (χ3v) is 7.35. The van der Waals surface area contributed by atoms with Crippen molar-refractivity contribution in [3.8, 4) is 0 Å². The lowest BCUT2D eigenvalue weighted by Crippen LogP contribution is -2.15. The summed E-state index contributed by atoms with van der Waals surface area (Å²) in [7, 11) is -2.07. The molecule has 1 aliphatic heterocycles. The van der Waals surface area contributed by atoms with Gasteiger partial charge in [0.1, 0.15) is 7.14 Å². The zero-order valence-electron chi connectivity index (χ0n) is 10.7. The fourth-order valence-electron chi connectivity index (χ4n) is 3.13. The van der Waals surface area contributed by atoms with Crippen LogP contribution in [0.2, 0.25) is 0 Å². The topological polar surface area (TPSA) is 17.1 Å². The zero-order valence-corrected chi connectivity index (χ0v) is 11.6. The second-order valence-electron chi connectivity index (χ2n) is 5.44. The van der Waals surface area contributed by atoms with E-state index in [0.717, 1.165) is 18.7 Å². The van der Waals surface area contributed by atoms with Crippen LogP contribution in [-0.2, 0) is 4.57 Å². The minimum atomic E-state index is -2.07. The van der Waals surface area contributed by atoms with E-state index in [1.165, 1.54) is 22.0 Å². The van der Waals surface area contributed by atoms with Gasteiger partial charge in [-0.3, -0.25) is 0 Å². The molecular weight excluding hydrogens is 215 g/mol. The van der Waals surface area contributed by atoms with E-state index >= 15 is 0 Å². The molecule has 0 bridgehead atoms. The Morgan fingerprint density at radius 3 is 2.19 bits per heavy atom. The van der Waals surface area contributed by atoms with Gasteiger partial charge in [-0.25, -0.2) is 0 Å². The van der Waals surface area contributed by atoms with Gasteiger partial charge in [-0.05, 0) is 44.2 Å². The van der Waals surface area contributed by atoms with Crippen molar-refractivity contribution in [2.45, 2.75) is 34.1 Å². The summed E-state index contributed by atoms with van der Waals surface area (Å²) in [6.45, 7) is 8.55. The number of rotatable bonds is 1. The molecular formula is C14H21OP. The molecule has 1 aromatic rings. The molecule has 0 saturated carbocycles. The predicted octanol–water partition coefficient (Wildman–Crippen LogP) is 3.64. The summed E-state index contributed by atoms with van der Waals surface area (Å²) in [5, 5.41) is 1.18. The second kappa shape index (κ2) is 4.04. The van der Waals surface area contributed by atoms with Crippen LogP contribution in [0.3, 0.4) is 0 Å². The molecule has 1 fully saturated rings. The summed E-state index contributed by atoms with van der Waals surface area (Å²) in [6.07, 6.45) is 2.96. The van der Waals surface area contributed by atoms with Crippen molar-refractivity contribution in [3.63, 3.8) is 0 Å². The van der Waals surface area contributed by atoms with E-state index in [4.69, 9.17) is 0 Å². The number of benzene rings is 1. The monoisotopic (exact) mass is 236 g/mol. The number of hydrogen-bond donors (Lipinski definition) is 0. The summed E-state index contributed by atoms with van der Waals surface area (Å²) in [4.78, 5) is 0. The van der Waals surface area contributed by atoms with E-state index in [1.807, 2.05) is 0 Å². The molecule has 2 heteroatoms. The normalized spacial score (nSPS) is 29.6. The summed E-state index contributed by atoms with van der Waals surface area (Å²) < 4.78 is 13.0. The molecule has 0 aliphatic carbocycles. The highest BCUT2D eigenvalue weighted by atomic mass is 31.2. The van der Waals surface area contributed by atoms with E-state index in [2.05, 4.69) is 39.8 Å². The van der Waals surface area contributed by atoms with E-state index in [-0.39, 0.29) is 0 Å². The van der Waals surface area contributed by atoms with Crippen LogP contribution in [0.4, 0.5) is 0 Å². The van der Waals surface area contributed by atoms with E-state index in [1.54, 1.807) is 0 Å². The van der Waals surface area contributed by atoms with Crippen molar-refractivity contribution in [1.82, 2.24) is 0 Å². The molecule has 1 heterocycles. The van der Waals surface area contributed by atoms with Crippen molar-refractivity contribution < 1.29 is 4.57 Å². The zero-order chi connectivity index (χ0) is 11.9. The summed E-state index contributed by atoms with van der Waals surface area (Å²) in [5.74, 6) is 0.630. The SMILES string of the molecule is Cc1cc(C)c(P2(=O)CCC(C)C2)c(C)c1.